The number of nitro groups is 1. The first-order valence-electron chi connectivity index (χ1n) is 5.89. The molecule has 0 fully saturated rings. The maximum Gasteiger partial charge on any atom is 0.269 e. The maximum absolute atomic E-state index is 10.7. The quantitative estimate of drug-likeness (QED) is 0.564. The van der Waals surface area contributed by atoms with E-state index in [1.165, 1.54) is 23.5 Å². The van der Waals surface area contributed by atoms with Crippen molar-refractivity contribution in [3.63, 3.8) is 0 Å². The first-order valence-corrected chi connectivity index (χ1v) is 7.56. The molecule has 0 atom stereocenters. The minimum absolute atomic E-state index is 0.0429. The van der Waals surface area contributed by atoms with Crippen LogP contribution in [0.3, 0.4) is 0 Å². The number of nitrogens with two attached hydrogens (primary N) is 1. The molecule has 0 amide bonds. The van der Waals surface area contributed by atoms with Crippen molar-refractivity contribution in [2.45, 2.75) is 0 Å². The molecule has 0 aliphatic carbocycles. The van der Waals surface area contributed by atoms with E-state index in [1.54, 1.807) is 23.0 Å². The topological polar surface area (TPSA) is 87.0 Å². The van der Waals surface area contributed by atoms with Crippen molar-refractivity contribution in [1.29, 1.82) is 0 Å². The molecule has 0 bridgehead atoms. The fourth-order valence-electron chi connectivity index (χ4n) is 1.88. The third-order valence-electron chi connectivity index (χ3n) is 2.87. The van der Waals surface area contributed by atoms with Gasteiger partial charge in [-0.1, -0.05) is 0 Å². The van der Waals surface area contributed by atoms with Crippen molar-refractivity contribution in [2.75, 3.05) is 5.73 Å². The van der Waals surface area contributed by atoms with Gasteiger partial charge in [-0.25, -0.2) is 4.68 Å². The molecule has 106 valence electrons. The number of anilines is 1. The molecule has 2 N–H and O–H groups in total. The summed E-state index contributed by atoms with van der Waals surface area (Å²) in [6.45, 7) is 0. The molecule has 0 spiro atoms. The van der Waals surface area contributed by atoms with Crippen molar-refractivity contribution in [1.82, 2.24) is 9.78 Å². The number of hydrogen-bond donors (Lipinski definition) is 1. The van der Waals surface area contributed by atoms with Crippen LogP contribution in [0, 0.1) is 10.1 Å². The predicted octanol–water partition coefficient (Wildman–Crippen LogP) is 3.85. The van der Waals surface area contributed by atoms with Crippen LogP contribution < -0.4 is 5.73 Å². The lowest BCUT2D eigenvalue weighted by atomic mass is 10.3. The van der Waals surface area contributed by atoms with E-state index in [0.717, 1.165) is 9.35 Å². The number of hydrogen-bond acceptors (Lipinski definition) is 5. The van der Waals surface area contributed by atoms with Crippen LogP contribution in [0.15, 0.2) is 46.4 Å². The average molecular weight is 365 g/mol. The summed E-state index contributed by atoms with van der Waals surface area (Å²) in [6.07, 6.45) is 1.70. The second kappa shape index (κ2) is 5.30. The molecule has 2 aromatic heterocycles. The summed E-state index contributed by atoms with van der Waals surface area (Å²) in [5, 5.41) is 17.1. The van der Waals surface area contributed by atoms with Gasteiger partial charge in [-0.15, -0.1) is 11.3 Å². The Hall–Kier alpha value is -2.19. The first kappa shape index (κ1) is 13.8. The van der Waals surface area contributed by atoms with Gasteiger partial charge in [0.25, 0.3) is 5.69 Å². The Morgan fingerprint density at radius 1 is 1.33 bits per heavy atom. The lowest BCUT2D eigenvalue weighted by Gasteiger charge is -2.00. The van der Waals surface area contributed by atoms with E-state index in [4.69, 9.17) is 5.73 Å². The van der Waals surface area contributed by atoms with Gasteiger partial charge in [-0.05, 0) is 34.1 Å². The number of non-ortho nitro benzene ring substituents is 1. The SMILES string of the molecule is Nc1cn(-c2ccc([N+](=O)[O-])cc2)nc1-c1cc(Br)cs1. The van der Waals surface area contributed by atoms with Gasteiger partial charge in [-0.2, -0.15) is 5.10 Å². The Bertz CT molecular complexity index is 810. The summed E-state index contributed by atoms with van der Waals surface area (Å²) in [6, 6.07) is 8.10. The third kappa shape index (κ3) is 2.67. The Kier molecular flexibility index (Phi) is 3.48. The van der Waals surface area contributed by atoms with Gasteiger partial charge >= 0.3 is 0 Å². The highest BCUT2D eigenvalue weighted by molar-refractivity contribution is 9.10. The number of aromatic nitrogens is 2. The van der Waals surface area contributed by atoms with E-state index in [0.29, 0.717) is 17.1 Å². The number of rotatable bonds is 3. The molecule has 6 nitrogen and oxygen atoms in total. The third-order valence-corrected chi connectivity index (χ3v) is 4.57. The number of thiophene rings is 1. The molecule has 3 aromatic rings. The average Bonchev–Trinajstić information content (AvgIpc) is 3.05. The molecule has 0 saturated carbocycles. The van der Waals surface area contributed by atoms with Crippen molar-refractivity contribution < 1.29 is 4.92 Å². The number of halogens is 1. The Morgan fingerprint density at radius 3 is 2.62 bits per heavy atom. The van der Waals surface area contributed by atoms with Crippen molar-refractivity contribution in [3.8, 4) is 16.3 Å². The van der Waals surface area contributed by atoms with Gasteiger partial charge in [0.05, 0.1) is 27.4 Å². The minimum Gasteiger partial charge on any atom is -0.396 e. The van der Waals surface area contributed by atoms with Gasteiger partial charge in [-0.3, -0.25) is 10.1 Å². The predicted molar refractivity (Wildman–Crippen MR) is 85.6 cm³/mol. The van der Waals surface area contributed by atoms with E-state index >= 15 is 0 Å². The van der Waals surface area contributed by atoms with Gasteiger partial charge < -0.3 is 5.73 Å². The molecule has 0 radical (unpaired) electrons. The van der Waals surface area contributed by atoms with Gasteiger partial charge in [0.15, 0.2) is 0 Å². The zero-order valence-corrected chi connectivity index (χ0v) is 13.0. The highest BCUT2D eigenvalue weighted by Crippen LogP contribution is 2.32. The molecule has 1 aromatic carbocycles. The van der Waals surface area contributed by atoms with Crippen molar-refractivity contribution in [2.24, 2.45) is 0 Å². The molecule has 0 aliphatic heterocycles. The summed E-state index contributed by atoms with van der Waals surface area (Å²) in [7, 11) is 0. The normalized spacial score (nSPS) is 10.7. The summed E-state index contributed by atoms with van der Waals surface area (Å²) >= 11 is 4.94. The largest absolute Gasteiger partial charge is 0.396 e. The summed E-state index contributed by atoms with van der Waals surface area (Å²) < 4.78 is 2.59. The lowest BCUT2D eigenvalue weighted by molar-refractivity contribution is -0.384. The van der Waals surface area contributed by atoms with Gasteiger partial charge in [0, 0.05) is 22.0 Å². The van der Waals surface area contributed by atoms with Crippen molar-refractivity contribution >= 4 is 38.6 Å². The Balaban J connectivity index is 1.98. The van der Waals surface area contributed by atoms with Crippen LogP contribution in [-0.4, -0.2) is 14.7 Å². The van der Waals surface area contributed by atoms with E-state index in [-0.39, 0.29) is 5.69 Å². The Labute approximate surface area is 132 Å². The van der Waals surface area contributed by atoms with E-state index in [2.05, 4.69) is 21.0 Å². The number of nitrogens with zero attached hydrogens (tertiary/aromatic N) is 3. The minimum atomic E-state index is -0.435. The zero-order chi connectivity index (χ0) is 15.0. The highest BCUT2D eigenvalue weighted by Gasteiger charge is 2.12. The molecular formula is C13H9BrN4O2S. The molecular weight excluding hydrogens is 356 g/mol. The van der Waals surface area contributed by atoms with Crippen LogP contribution >= 0.6 is 27.3 Å². The second-order valence-electron chi connectivity index (χ2n) is 4.28. The van der Waals surface area contributed by atoms with Gasteiger partial charge in [0.2, 0.25) is 0 Å². The van der Waals surface area contributed by atoms with E-state index in [1.807, 2.05) is 11.4 Å². The standard InChI is InChI=1S/C13H9BrN4O2S/c14-8-5-12(21-7-8)13-11(15)6-17(16-13)9-1-3-10(4-2-9)18(19)20/h1-7H,15H2. The molecule has 8 heteroatoms. The second-order valence-corrected chi connectivity index (χ2v) is 6.11. The monoisotopic (exact) mass is 364 g/mol. The fourth-order valence-corrected chi connectivity index (χ4v) is 3.31. The molecule has 0 aliphatic rings. The van der Waals surface area contributed by atoms with Crippen LogP contribution in [0.1, 0.15) is 0 Å². The van der Waals surface area contributed by atoms with E-state index < -0.39 is 4.92 Å². The van der Waals surface area contributed by atoms with Crippen molar-refractivity contribution in [3.05, 3.63) is 56.5 Å². The zero-order valence-electron chi connectivity index (χ0n) is 10.6. The summed E-state index contributed by atoms with van der Waals surface area (Å²) in [4.78, 5) is 11.2. The fraction of sp³-hybridized carbons (Fsp3) is 0. The maximum atomic E-state index is 10.7. The summed E-state index contributed by atoms with van der Waals surface area (Å²) in [5.74, 6) is 0. The van der Waals surface area contributed by atoms with Crippen LogP contribution in [0.2, 0.25) is 0 Å². The number of benzene rings is 1. The first-order chi connectivity index (χ1) is 10.0. The lowest BCUT2D eigenvalue weighted by Crippen LogP contribution is -1.95. The van der Waals surface area contributed by atoms with E-state index in [9.17, 15) is 10.1 Å². The molecule has 0 saturated heterocycles. The van der Waals surface area contributed by atoms with Crippen LogP contribution in [0.5, 0.6) is 0 Å². The molecule has 3 rings (SSSR count). The highest BCUT2D eigenvalue weighted by atomic mass is 79.9. The van der Waals surface area contributed by atoms with Crippen LogP contribution in [0.4, 0.5) is 11.4 Å². The number of nitrogen functional groups attached to an aromatic ring is 1. The van der Waals surface area contributed by atoms with Crippen LogP contribution in [-0.2, 0) is 0 Å². The molecule has 0 unspecified atom stereocenters. The summed E-state index contributed by atoms with van der Waals surface area (Å²) in [5.41, 5.74) is 8.01. The van der Waals surface area contributed by atoms with Crippen LogP contribution in [0.25, 0.3) is 16.3 Å². The number of nitro benzene ring substituents is 1. The smallest absolute Gasteiger partial charge is 0.269 e. The van der Waals surface area contributed by atoms with Gasteiger partial charge in [0.1, 0.15) is 5.69 Å². The molecule has 2 heterocycles. The Morgan fingerprint density at radius 2 is 2.05 bits per heavy atom. The molecule has 21 heavy (non-hydrogen) atoms.